The Balaban J connectivity index is 1.54. The summed E-state index contributed by atoms with van der Waals surface area (Å²) in [7, 11) is 1.72. The number of ether oxygens (including phenoxy) is 1. The zero-order valence-corrected chi connectivity index (χ0v) is 13.1. The number of nitrogens with zero attached hydrogens (tertiary/aromatic N) is 5. The number of hydrogen-bond acceptors (Lipinski definition) is 5. The first-order valence-electron chi connectivity index (χ1n) is 7.78. The van der Waals surface area contributed by atoms with Crippen LogP contribution in [0.15, 0.2) is 48.9 Å². The third-order valence-corrected chi connectivity index (χ3v) is 4.31. The quantitative estimate of drug-likeness (QED) is 0.741. The van der Waals surface area contributed by atoms with Crippen LogP contribution in [0, 0.1) is 0 Å². The number of anilines is 2. The highest BCUT2D eigenvalue weighted by atomic mass is 16.5. The Labute approximate surface area is 134 Å². The van der Waals surface area contributed by atoms with E-state index in [1.54, 1.807) is 7.11 Å². The number of piperazine rings is 1. The molecule has 6 nitrogen and oxygen atoms in total. The lowest BCUT2D eigenvalue weighted by atomic mass is 10.2. The average molecular weight is 309 g/mol. The van der Waals surface area contributed by atoms with Crippen molar-refractivity contribution < 1.29 is 4.74 Å². The van der Waals surface area contributed by atoms with Gasteiger partial charge in [-0.25, -0.2) is 9.50 Å². The van der Waals surface area contributed by atoms with Crippen molar-refractivity contribution in [1.82, 2.24) is 14.6 Å². The van der Waals surface area contributed by atoms with Gasteiger partial charge in [-0.3, -0.25) is 0 Å². The van der Waals surface area contributed by atoms with E-state index in [0.717, 1.165) is 49.0 Å². The molecule has 1 aliphatic heterocycles. The monoisotopic (exact) mass is 309 g/mol. The second-order valence-corrected chi connectivity index (χ2v) is 5.56. The molecule has 1 aliphatic rings. The lowest BCUT2D eigenvalue weighted by molar-refractivity contribution is 0.413. The van der Waals surface area contributed by atoms with Crippen molar-refractivity contribution in [1.29, 1.82) is 0 Å². The molecule has 0 N–H and O–H groups in total. The van der Waals surface area contributed by atoms with Gasteiger partial charge in [0.15, 0.2) is 5.82 Å². The number of methoxy groups -OCH3 is 1. The second-order valence-electron chi connectivity index (χ2n) is 5.56. The Morgan fingerprint density at radius 1 is 0.957 bits per heavy atom. The molecule has 0 aliphatic carbocycles. The third kappa shape index (κ3) is 2.46. The standard InChI is InChI=1S/C17H19N5O/c1-23-16-5-3-2-4-14(16)20-10-12-21(13-11-20)17-15-6-7-19-22(15)9-8-18-17/h2-9H,10-13H2,1H3. The van der Waals surface area contributed by atoms with Crippen LogP contribution in [-0.2, 0) is 0 Å². The summed E-state index contributed by atoms with van der Waals surface area (Å²) in [5, 5.41) is 4.28. The van der Waals surface area contributed by atoms with Gasteiger partial charge < -0.3 is 14.5 Å². The van der Waals surface area contributed by atoms with Crippen molar-refractivity contribution >= 4 is 17.0 Å². The lowest BCUT2D eigenvalue weighted by Crippen LogP contribution is -2.47. The number of hydrogen-bond donors (Lipinski definition) is 0. The van der Waals surface area contributed by atoms with Gasteiger partial charge in [-0.2, -0.15) is 5.10 Å². The number of aromatic nitrogens is 3. The smallest absolute Gasteiger partial charge is 0.154 e. The molecule has 0 radical (unpaired) electrons. The summed E-state index contributed by atoms with van der Waals surface area (Å²) in [5.74, 6) is 1.93. The van der Waals surface area contributed by atoms with E-state index < -0.39 is 0 Å². The molecule has 1 aromatic carbocycles. The van der Waals surface area contributed by atoms with Gasteiger partial charge in [0.25, 0.3) is 0 Å². The van der Waals surface area contributed by atoms with E-state index >= 15 is 0 Å². The van der Waals surface area contributed by atoms with Gasteiger partial charge in [-0.1, -0.05) is 12.1 Å². The molecular formula is C17H19N5O. The van der Waals surface area contributed by atoms with Crippen molar-refractivity contribution in [3.8, 4) is 5.75 Å². The molecule has 118 valence electrons. The molecule has 3 heterocycles. The van der Waals surface area contributed by atoms with Crippen molar-refractivity contribution in [3.63, 3.8) is 0 Å². The molecule has 6 heteroatoms. The normalized spacial score (nSPS) is 15.2. The number of rotatable bonds is 3. The van der Waals surface area contributed by atoms with E-state index in [9.17, 15) is 0 Å². The molecule has 1 saturated heterocycles. The minimum Gasteiger partial charge on any atom is -0.495 e. The predicted molar refractivity (Wildman–Crippen MR) is 90.4 cm³/mol. The van der Waals surface area contributed by atoms with Gasteiger partial charge in [-0.15, -0.1) is 0 Å². The summed E-state index contributed by atoms with van der Waals surface area (Å²) in [6.07, 6.45) is 5.50. The molecule has 0 amide bonds. The molecule has 3 aromatic rings. The van der Waals surface area contributed by atoms with Gasteiger partial charge in [0.1, 0.15) is 11.3 Å². The first kappa shape index (κ1) is 13.9. The van der Waals surface area contributed by atoms with E-state index in [0.29, 0.717) is 0 Å². The summed E-state index contributed by atoms with van der Waals surface area (Å²) in [6, 6.07) is 10.2. The molecule has 0 atom stereocenters. The van der Waals surface area contributed by atoms with Gasteiger partial charge in [0, 0.05) is 38.6 Å². The van der Waals surface area contributed by atoms with Gasteiger partial charge in [0.2, 0.25) is 0 Å². The molecule has 0 saturated carbocycles. The molecule has 0 spiro atoms. The fourth-order valence-electron chi connectivity index (χ4n) is 3.14. The fraction of sp³-hybridized carbons (Fsp3) is 0.294. The summed E-state index contributed by atoms with van der Waals surface area (Å²) in [5.41, 5.74) is 2.21. The maximum atomic E-state index is 5.48. The number of para-hydroxylation sites is 2. The predicted octanol–water partition coefficient (Wildman–Crippen LogP) is 2.06. The first-order chi connectivity index (χ1) is 11.4. The number of fused-ring (bicyclic) bond motifs is 1. The van der Waals surface area contributed by atoms with Crippen molar-refractivity contribution in [2.24, 2.45) is 0 Å². The number of benzene rings is 1. The molecule has 0 bridgehead atoms. The average Bonchev–Trinajstić information content (AvgIpc) is 3.10. The van der Waals surface area contributed by atoms with Gasteiger partial charge >= 0.3 is 0 Å². The Morgan fingerprint density at radius 3 is 2.57 bits per heavy atom. The third-order valence-electron chi connectivity index (χ3n) is 4.31. The summed E-state index contributed by atoms with van der Waals surface area (Å²) >= 11 is 0. The molecule has 4 rings (SSSR count). The van der Waals surface area contributed by atoms with Crippen LogP contribution in [0.2, 0.25) is 0 Å². The molecule has 0 unspecified atom stereocenters. The second kappa shape index (κ2) is 5.79. The van der Waals surface area contributed by atoms with Crippen LogP contribution in [0.4, 0.5) is 11.5 Å². The minimum atomic E-state index is 0.926. The molecular weight excluding hydrogens is 290 g/mol. The van der Waals surface area contributed by atoms with Crippen LogP contribution < -0.4 is 14.5 Å². The van der Waals surface area contributed by atoms with Gasteiger partial charge in [-0.05, 0) is 18.2 Å². The topological polar surface area (TPSA) is 45.9 Å². The van der Waals surface area contributed by atoms with Crippen molar-refractivity contribution in [2.45, 2.75) is 0 Å². The Bertz CT molecular complexity index is 807. The van der Waals surface area contributed by atoms with Crippen molar-refractivity contribution in [2.75, 3.05) is 43.1 Å². The lowest BCUT2D eigenvalue weighted by Gasteiger charge is -2.37. The van der Waals surface area contributed by atoms with Crippen LogP contribution in [0.5, 0.6) is 5.75 Å². The zero-order chi connectivity index (χ0) is 15.6. The first-order valence-corrected chi connectivity index (χ1v) is 7.78. The van der Waals surface area contributed by atoms with Crippen LogP contribution in [0.3, 0.4) is 0 Å². The highest BCUT2D eigenvalue weighted by Crippen LogP contribution is 2.29. The largest absolute Gasteiger partial charge is 0.495 e. The van der Waals surface area contributed by atoms with E-state index in [4.69, 9.17) is 4.74 Å². The fourth-order valence-corrected chi connectivity index (χ4v) is 3.14. The van der Waals surface area contributed by atoms with Crippen LogP contribution in [0.25, 0.3) is 5.52 Å². The summed E-state index contributed by atoms with van der Waals surface area (Å²) in [6.45, 7) is 3.74. The highest BCUT2D eigenvalue weighted by Gasteiger charge is 2.21. The summed E-state index contributed by atoms with van der Waals surface area (Å²) in [4.78, 5) is 9.25. The summed E-state index contributed by atoms with van der Waals surface area (Å²) < 4.78 is 7.35. The van der Waals surface area contributed by atoms with Crippen LogP contribution >= 0.6 is 0 Å². The van der Waals surface area contributed by atoms with Crippen molar-refractivity contribution in [3.05, 3.63) is 48.9 Å². The van der Waals surface area contributed by atoms with E-state index in [-0.39, 0.29) is 0 Å². The SMILES string of the molecule is COc1ccccc1N1CCN(c2nccn3nccc23)CC1. The molecule has 2 aromatic heterocycles. The molecule has 23 heavy (non-hydrogen) atoms. The highest BCUT2D eigenvalue weighted by molar-refractivity contribution is 5.69. The maximum absolute atomic E-state index is 5.48. The molecule has 1 fully saturated rings. The van der Waals surface area contributed by atoms with Crippen LogP contribution in [0.1, 0.15) is 0 Å². The maximum Gasteiger partial charge on any atom is 0.154 e. The van der Waals surface area contributed by atoms with E-state index in [1.165, 1.54) is 0 Å². The zero-order valence-electron chi connectivity index (χ0n) is 13.1. The Morgan fingerprint density at radius 2 is 1.74 bits per heavy atom. The Kier molecular flexibility index (Phi) is 3.49. The Hall–Kier alpha value is -2.76. The van der Waals surface area contributed by atoms with Gasteiger partial charge in [0.05, 0.1) is 19.0 Å². The minimum absolute atomic E-state index is 0.926. The van der Waals surface area contributed by atoms with Crippen LogP contribution in [-0.4, -0.2) is 47.9 Å². The van der Waals surface area contributed by atoms with E-state index in [2.05, 4.69) is 32.0 Å². The van der Waals surface area contributed by atoms with E-state index in [1.807, 2.05) is 41.3 Å².